The summed E-state index contributed by atoms with van der Waals surface area (Å²) >= 11 is 6.83. The molecule has 0 aliphatic rings. The molecule has 0 saturated heterocycles. The van der Waals surface area contributed by atoms with Crippen LogP contribution in [0.1, 0.15) is 13.3 Å². The molecule has 4 heteroatoms. The summed E-state index contributed by atoms with van der Waals surface area (Å²) in [6.07, 6.45) is 1.08. The van der Waals surface area contributed by atoms with E-state index in [1.165, 1.54) is 0 Å². The Bertz CT molecular complexity index is 300. The highest BCUT2D eigenvalue weighted by Gasteiger charge is 2.06. The van der Waals surface area contributed by atoms with Crippen molar-refractivity contribution in [2.24, 2.45) is 0 Å². The number of benzene rings is 1. The van der Waals surface area contributed by atoms with E-state index in [4.69, 9.17) is 5.73 Å². The van der Waals surface area contributed by atoms with Gasteiger partial charge in [-0.1, -0.05) is 6.92 Å². The molecule has 2 nitrogen and oxygen atoms in total. The van der Waals surface area contributed by atoms with Crippen LogP contribution in [0.25, 0.3) is 0 Å². The van der Waals surface area contributed by atoms with Gasteiger partial charge in [0.1, 0.15) is 0 Å². The van der Waals surface area contributed by atoms with Crippen molar-refractivity contribution >= 4 is 43.2 Å². The van der Waals surface area contributed by atoms with Crippen molar-refractivity contribution in [1.29, 1.82) is 0 Å². The maximum atomic E-state index is 5.88. The Morgan fingerprint density at radius 1 is 1.31 bits per heavy atom. The zero-order chi connectivity index (χ0) is 9.84. The van der Waals surface area contributed by atoms with Crippen molar-refractivity contribution in [2.45, 2.75) is 13.3 Å². The second-order valence-corrected chi connectivity index (χ2v) is 4.45. The van der Waals surface area contributed by atoms with Crippen LogP contribution in [0.2, 0.25) is 0 Å². The first-order chi connectivity index (χ1) is 6.16. The van der Waals surface area contributed by atoms with Crippen LogP contribution >= 0.6 is 31.9 Å². The third kappa shape index (κ3) is 2.61. The average molecular weight is 308 g/mol. The van der Waals surface area contributed by atoms with Crippen molar-refractivity contribution in [2.75, 3.05) is 17.6 Å². The van der Waals surface area contributed by atoms with E-state index in [-0.39, 0.29) is 0 Å². The lowest BCUT2D eigenvalue weighted by Crippen LogP contribution is -2.04. The normalized spacial score (nSPS) is 10.1. The fourth-order valence-electron chi connectivity index (χ4n) is 0.997. The first-order valence-corrected chi connectivity index (χ1v) is 5.72. The third-order valence-electron chi connectivity index (χ3n) is 1.69. The SMILES string of the molecule is CCCNc1c(Br)ccc(Br)c1N. The first kappa shape index (κ1) is 10.9. The van der Waals surface area contributed by atoms with Gasteiger partial charge in [-0.05, 0) is 50.4 Å². The van der Waals surface area contributed by atoms with E-state index >= 15 is 0 Å². The van der Waals surface area contributed by atoms with Gasteiger partial charge in [0.25, 0.3) is 0 Å². The number of hydrogen-bond donors (Lipinski definition) is 2. The molecule has 0 amide bonds. The molecule has 3 N–H and O–H groups in total. The molecule has 0 fully saturated rings. The summed E-state index contributed by atoms with van der Waals surface area (Å²) in [5.74, 6) is 0. The highest BCUT2D eigenvalue weighted by atomic mass is 79.9. The van der Waals surface area contributed by atoms with Crippen molar-refractivity contribution in [1.82, 2.24) is 0 Å². The molecule has 13 heavy (non-hydrogen) atoms. The Morgan fingerprint density at radius 3 is 2.54 bits per heavy atom. The molecular weight excluding hydrogens is 296 g/mol. The molecule has 0 saturated carbocycles. The largest absolute Gasteiger partial charge is 0.396 e. The minimum atomic E-state index is 0.753. The highest BCUT2D eigenvalue weighted by Crippen LogP contribution is 2.34. The lowest BCUT2D eigenvalue weighted by Gasteiger charge is -2.11. The second kappa shape index (κ2) is 4.86. The standard InChI is InChI=1S/C9H12Br2N2/c1-2-5-13-9-7(11)4-3-6(10)8(9)12/h3-4,13H,2,5,12H2,1H3. The smallest absolute Gasteiger partial charge is 0.0729 e. The van der Waals surface area contributed by atoms with Gasteiger partial charge in [0.15, 0.2) is 0 Å². The van der Waals surface area contributed by atoms with E-state index in [0.717, 1.165) is 33.3 Å². The Morgan fingerprint density at radius 2 is 1.92 bits per heavy atom. The maximum Gasteiger partial charge on any atom is 0.0729 e. The Hall–Kier alpha value is -0.220. The van der Waals surface area contributed by atoms with Crippen LogP contribution in [-0.2, 0) is 0 Å². The topological polar surface area (TPSA) is 38.0 Å². The average Bonchev–Trinajstić information content (AvgIpc) is 2.12. The Labute approximate surface area is 95.2 Å². The van der Waals surface area contributed by atoms with E-state index in [0.29, 0.717) is 0 Å². The minimum Gasteiger partial charge on any atom is -0.396 e. The van der Waals surface area contributed by atoms with E-state index in [1.807, 2.05) is 12.1 Å². The highest BCUT2D eigenvalue weighted by molar-refractivity contribution is 9.11. The van der Waals surface area contributed by atoms with Crippen LogP contribution in [0.5, 0.6) is 0 Å². The molecule has 1 rings (SSSR count). The van der Waals surface area contributed by atoms with Gasteiger partial charge in [-0.15, -0.1) is 0 Å². The van der Waals surface area contributed by atoms with Gasteiger partial charge in [-0.3, -0.25) is 0 Å². The van der Waals surface area contributed by atoms with Gasteiger partial charge in [0.2, 0.25) is 0 Å². The Balaban J connectivity index is 2.96. The molecule has 0 heterocycles. The summed E-state index contributed by atoms with van der Waals surface area (Å²) < 4.78 is 1.93. The fourth-order valence-corrected chi connectivity index (χ4v) is 1.81. The van der Waals surface area contributed by atoms with Crippen LogP contribution in [0.3, 0.4) is 0 Å². The molecule has 72 valence electrons. The summed E-state index contributed by atoms with van der Waals surface area (Å²) in [6.45, 7) is 3.05. The van der Waals surface area contributed by atoms with Crippen molar-refractivity contribution < 1.29 is 0 Å². The van der Waals surface area contributed by atoms with Crippen LogP contribution in [0.4, 0.5) is 11.4 Å². The van der Waals surface area contributed by atoms with Gasteiger partial charge < -0.3 is 11.1 Å². The number of hydrogen-bond acceptors (Lipinski definition) is 2. The predicted octanol–water partition coefficient (Wildman–Crippen LogP) is 3.62. The number of halogens is 2. The number of anilines is 2. The maximum absolute atomic E-state index is 5.88. The van der Waals surface area contributed by atoms with E-state index in [9.17, 15) is 0 Å². The molecule has 0 aliphatic carbocycles. The van der Waals surface area contributed by atoms with Crippen LogP contribution in [0.15, 0.2) is 21.1 Å². The first-order valence-electron chi connectivity index (χ1n) is 4.14. The van der Waals surface area contributed by atoms with Gasteiger partial charge in [-0.25, -0.2) is 0 Å². The van der Waals surface area contributed by atoms with Gasteiger partial charge in [0.05, 0.1) is 11.4 Å². The molecule has 0 radical (unpaired) electrons. The lowest BCUT2D eigenvalue weighted by molar-refractivity contribution is 0.979. The van der Waals surface area contributed by atoms with Crippen molar-refractivity contribution in [3.05, 3.63) is 21.1 Å². The molecule has 1 aromatic rings. The predicted molar refractivity (Wildman–Crippen MR) is 65.0 cm³/mol. The minimum absolute atomic E-state index is 0.753. The summed E-state index contributed by atoms with van der Waals surface area (Å²) in [6, 6.07) is 3.90. The van der Waals surface area contributed by atoms with Crippen molar-refractivity contribution in [3.63, 3.8) is 0 Å². The lowest BCUT2D eigenvalue weighted by atomic mass is 10.2. The fraction of sp³-hybridized carbons (Fsp3) is 0.333. The molecule has 0 atom stereocenters. The van der Waals surface area contributed by atoms with Crippen LogP contribution < -0.4 is 11.1 Å². The summed E-state index contributed by atoms with van der Waals surface area (Å²) in [4.78, 5) is 0. The molecule has 0 spiro atoms. The quantitative estimate of drug-likeness (QED) is 0.837. The molecule has 0 bridgehead atoms. The van der Waals surface area contributed by atoms with E-state index in [2.05, 4.69) is 44.1 Å². The van der Waals surface area contributed by atoms with E-state index < -0.39 is 0 Å². The Kier molecular flexibility index (Phi) is 4.06. The van der Waals surface area contributed by atoms with Crippen LogP contribution in [0, 0.1) is 0 Å². The van der Waals surface area contributed by atoms with Gasteiger partial charge in [-0.2, -0.15) is 0 Å². The monoisotopic (exact) mass is 306 g/mol. The summed E-state index contributed by atoms with van der Waals surface area (Å²) in [5, 5.41) is 3.27. The zero-order valence-corrected chi connectivity index (χ0v) is 10.6. The summed E-state index contributed by atoms with van der Waals surface area (Å²) in [5.41, 5.74) is 7.61. The second-order valence-electron chi connectivity index (χ2n) is 2.74. The number of rotatable bonds is 3. The number of nitrogens with one attached hydrogen (secondary N) is 1. The van der Waals surface area contributed by atoms with Gasteiger partial charge >= 0.3 is 0 Å². The molecule has 1 aromatic carbocycles. The molecular formula is C9H12Br2N2. The van der Waals surface area contributed by atoms with E-state index in [1.54, 1.807) is 0 Å². The number of nitrogen functional groups attached to an aromatic ring is 1. The number of nitrogens with two attached hydrogens (primary N) is 1. The van der Waals surface area contributed by atoms with Gasteiger partial charge in [0, 0.05) is 15.5 Å². The van der Waals surface area contributed by atoms with Crippen molar-refractivity contribution in [3.8, 4) is 0 Å². The third-order valence-corrected chi connectivity index (χ3v) is 3.05. The zero-order valence-electron chi connectivity index (χ0n) is 7.40. The molecule has 0 unspecified atom stereocenters. The van der Waals surface area contributed by atoms with Crippen LogP contribution in [-0.4, -0.2) is 6.54 Å². The molecule has 0 aromatic heterocycles. The summed E-state index contributed by atoms with van der Waals surface area (Å²) in [7, 11) is 0. The molecule has 0 aliphatic heterocycles.